The molecule has 3 aromatic rings. The molecule has 1 unspecified atom stereocenters. The maximum Gasteiger partial charge on any atom is 0.0890 e. The largest absolute Gasteiger partial charge is 0.271 e. The van der Waals surface area contributed by atoms with Crippen molar-refractivity contribution in [3.05, 3.63) is 58.0 Å². The fourth-order valence-corrected chi connectivity index (χ4v) is 2.96. The van der Waals surface area contributed by atoms with Crippen molar-refractivity contribution in [2.24, 2.45) is 5.84 Å². The summed E-state index contributed by atoms with van der Waals surface area (Å²) in [6.45, 7) is 2.10. The highest BCUT2D eigenvalue weighted by Crippen LogP contribution is 2.28. The number of nitrogens with one attached hydrogen (secondary N) is 1. The van der Waals surface area contributed by atoms with E-state index in [4.69, 9.17) is 5.84 Å². The Labute approximate surface area is 115 Å². The molecule has 0 saturated heterocycles. The first kappa shape index (κ1) is 12.2. The molecule has 0 saturated carbocycles. The third-order valence-corrected chi connectivity index (χ3v) is 4.06. The van der Waals surface area contributed by atoms with Crippen molar-refractivity contribution in [1.29, 1.82) is 0 Å². The zero-order chi connectivity index (χ0) is 13.2. The van der Waals surface area contributed by atoms with Gasteiger partial charge in [0.2, 0.25) is 0 Å². The molecule has 1 atom stereocenters. The molecule has 0 aliphatic heterocycles. The summed E-state index contributed by atoms with van der Waals surface area (Å²) in [6.07, 6.45) is 3.40. The van der Waals surface area contributed by atoms with Gasteiger partial charge in [-0.15, -0.1) is 11.3 Å². The van der Waals surface area contributed by atoms with Gasteiger partial charge < -0.3 is 0 Å². The van der Waals surface area contributed by atoms with E-state index in [-0.39, 0.29) is 6.04 Å². The smallest absolute Gasteiger partial charge is 0.0890 e. The Kier molecular flexibility index (Phi) is 3.25. The Morgan fingerprint density at radius 2 is 1.95 bits per heavy atom. The van der Waals surface area contributed by atoms with E-state index in [9.17, 15) is 0 Å². The molecule has 0 spiro atoms. The third kappa shape index (κ3) is 2.23. The summed E-state index contributed by atoms with van der Waals surface area (Å²) in [5.41, 5.74) is 6.96. The molecule has 3 rings (SSSR count). The minimum Gasteiger partial charge on any atom is -0.271 e. The second-order valence-electron chi connectivity index (χ2n) is 4.34. The first-order valence-electron chi connectivity index (χ1n) is 6.00. The second kappa shape index (κ2) is 5.05. The standard InChI is InChI=1S/C14H14N4S/c1-9-11(4-7-19-9)14(18-15)10-2-3-12-13(8-10)17-6-5-16-12/h2-8,14,18H,15H2,1H3. The van der Waals surface area contributed by atoms with E-state index < -0.39 is 0 Å². The number of hydrazine groups is 1. The normalized spacial score (nSPS) is 12.7. The van der Waals surface area contributed by atoms with Crippen molar-refractivity contribution in [2.45, 2.75) is 13.0 Å². The molecule has 5 heteroatoms. The second-order valence-corrected chi connectivity index (χ2v) is 5.46. The van der Waals surface area contributed by atoms with Gasteiger partial charge in [0.25, 0.3) is 0 Å². The molecule has 2 heterocycles. The first-order chi connectivity index (χ1) is 9.29. The lowest BCUT2D eigenvalue weighted by molar-refractivity contribution is 0.637. The van der Waals surface area contributed by atoms with Crippen LogP contribution in [-0.4, -0.2) is 9.97 Å². The molecule has 3 N–H and O–H groups in total. The summed E-state index contributed by atoms with van der Waals surface area (Å²) in [4.78, 5) is 9.88. The van der Waals surface area contributed by atoms with Gasteiger partial charge >= 0.3 is 0 Å². The highest BCUT2D eigenvalue weighted by molar-refractivity contribution is 7.10. The summed E-state index contributed by atoms with van der Waals surface area (Å²) in [5.74, 6) is 5.73. The number of nitrogens with zero attached hydrogens (tertiary/aromatic N) is 2. The van der Waals surface area contributed by atoms with Crippen LogP contribution in [0.2, 0.25) is 0 Å². The Morgan fingerprint density at radius 1 is 1.16 bits per heavy atom. The van der Waals surface area contributed by atoms with Gasteiger partial charge in [0.05, 0.1) is 17.1 Å². The number of hydrogen-bond acceptors (Lipinski definition) is 5. The lowest BCUT2D eigenvalue weighted by Gasteiger charge is -2.16. The number of nitrogens with two attached hydrogens (primary N) is 1. The summed E-state index contributed by atoms with van der Waals surface area (Å²) in [6, 6.07) is 8.13. The van der Waals surface area contributed by atoms with E-state index in [1.807, 2.05) is 18.2 Å². The SMILES string of the molecule is Cc1sccc1C(NN)c1ccc2nccnc2c1. The van der Waals surface area contributed by atoms with Crippen molar-refractivity contribution >= 4 is 22.4 Å². The number of aromatic nitrogens is 2. The van der Waals surface area contributed by atoms with Gasteiger partial charge in [0, 0.05) is 17.3 Å². The first-order valence-corrected chi connectivity index (χ1v) is 6.88. The van der Waals surface area contributed by atoms with Gasteiger partial charge in [-0.05, 0) is 41.6 Å². The van der Waals surface area contributed by atoms with Crippen LogP contribution in [0.25, 0.3) is 11.0 Å². The molecular weight excluding hydrogens is 256 g/mol. The third-order valence-electron chi connectivity index (χ3n) is 3.20. The fourth-order valence-electron chi connectivity index (χ4n) is 2.22. The quantitative estimate of drug-likeness (QED) is 0.567. The van der Waals surface area contributed by atoms with E-state index in [2.05, 4.69) is 33.8 Å². The van der Waals surface area contributed by atoms with Gasteiger partial charge in [-0.1, -0.05) is 6.07 Å². The average molecular weight is 270 g/mol. The van der Waals surface area contributed by atoms with Gasteiger partial charge in [-0.2, -0.15) is 0 Å². The molecular formula is C14H14N4S. The zero-order valence-electron chi connectivity index (χ0n) is 10.5. The maximum absolute atomic E-state index is 5.73. The van der Waals surface area contributed by atoms with Gasteiger partial charge in [0.1, 0.15) is 0 Å². The molecule has 0 radical (unpaired) electrons. The van der Waals surface area contributed by atoms with Crippen LogP contribution in [-0.2, 0) is 0 Å². The highest BCUT2D eigenvalue weighted by atomic mass is 32.1. The van der Waals surface area contributed by atoms with Crippen LogP contribution in [0.1, 0.15) is 22.0 Å². The minimum atomic E-state index is -0.0161. The fraction of sp³-hybridized carbons (Fsp3) is 0.143. The Morgan fingerprint density at radius 3 is 2.63 bits per heavy atom. The van der Waals surface area contributed by atoms with E-state index in [1.54, 1.807) is 23.7 Å². The predicted octanol–water partition coefficient (Wildman–Crippen LogP) is 2.55. The average Bonchev–Trinajstić information content (AvgIpc) is 2.86. The van der Waals surface area contributed by atoms with Crippen molar-refractivity contribution < 1.29 is 0 Å². The number of hydrogen-bond donors (Lipinski definition) is 2. The van der Waals surface area contributed by atoms with Crippen LogP contribution in [0.4, 0.5) is 0 Å². The van der Waals surface area contributed by atoms with Crippen molar-refractivity contribution in [2.75, 3.05) is 0 Å². The molecule has 1 aromatic carbocycles. The summed E-state index contributed by atoms with van der Waals surface area (Å²) in [7, 11) is 0. The summed E-state index contributed by atoms with van der Waals surface area (Å²) >= 11 is 1.72. The number of benzene rings is 1. The number of fused-ring (bicyclic) bond motifs is 1. The van der Waals surface area contributed by atoms with Crippen LogP contribution >= 0.6 is 11.3 Å². The van der Waals surface area contributed by atoms with Gasteiger partial charge in [0.15, 0.2) is 0 Å². The molecule has 4 nitrogen and oxygen atoms in total. The molecule has 19 heavy (non-hydrogen) atoms. The van der Waals surface area contributed by atoms with Crippen LogP contribution in [0.5, 0.6) is 0 Å². The van der Waals surface area contributed by atoms with Crippen molar-refractivity contribution in [1.82, 2.24) is 15.4 Å². The van der Waals surface area contributed by atoms with Crippen LogP contribution in [0.15, 0.2) is 42.0 Å². The van der Waals surface area contributed by atoms with Crippen molar-refractivity contribution in [3.63, 3.8) is 0 Å². The van der Waals surface area contributed by atoms with Crippen LogP contribution in [0.3, 0.4) is 0 Å². The molecule has 0 fully saturated rings. The predicted molar refractivity (Wildman–Crippen MR) is 77.8 cm³/mol. The van der Waals surface area contributed by atoms with Gasteiger partial charge in [-0.25, -0.2) is 5.43 Å². The monoisotopic (exact) mass is 270 g/mol. The minimum absolute atomic E-state index is 0.0161. The number of aryl methyl sites for hydroxylation is 1. The van der Waals surface area contributed by atoms with E-state index >= 15 is 0 Å². The summed E-state index contributed by atoms with van der Waals surface area (Å²) in [5, 5.41) is 2.08. The number of thiophene rings is 1. The maximum atomic E-state index is 5.73. The highest BCUT2D eigenvalue weighted by Gasteiger charge is 2.16. The lowest BCUT2D eigenvalue weighted by atomic mass is 9.99. The Balaban J connectivity index is 2.09. The lowest BCUT2D eigenvalue weighted by Crippen LogP contribution is -2.28. The van der Waals surface area contributed by atoms with Crippen LogP contribution in [0, 0.1) is 6.92 Å². The van der Waals surface area contributed by atoms with E-state index in [0.29, 0.717) is 0 Å². The molecule has 0 amide bonds. The van der Waals surface area contributed by atoms with Gasteiger partial charge in [-0.3, -0.25) is 15.8 Å². The topological polar surface area (TPSA) is 63.8 Å². The molecule has 0 bridgehead atoms. The molecule has 0 aliphatic rings. The van der Waals surface area contributed by atoms with Crippen molar-refractivity contribution in [3.8, 4) is 0 Å². The summed E-state index contributed by atoms with van der Waals surface area (Å²) < 4.78 is 0. The Bertz CT molecular complexity index is 707. The van der Waals surface area contributed by atoms with E-state index in [0.717, 1.165) is 16.6 Å². The molecule has 0 aliphatic carbocycles. The Hall–Kier alpha value is -1.82. The van der Waals surface area contributed by atoms with E-state index in [1.165, 1.54) is 10.4 Å². The van der Waals surface area contributed by atoms with Crippen LogP contribution < -0.4 is 11.3 Å². The molecule has 2 aromatic heterocycles. The zero-order valence-corrected chi connectivity index (χ0v) is 11.3. The molecule has 96 valence electrons. The number of rotatable bonds is 3.